The average molecular weight is 304 g/mol. The first-order chi connectivity index (χ1) is 10.3. The van der Waals surface area contributed by atoms with Crippen molar-refractivity contribution in [3.63, 3.8) is 0 Å². The molecule has 1 fully saturated rings. The molecule has 0 spiro atoms. The Hall–Kier alpha value is -1.43. The van der Waals surface area contributed by atoms with Gasteiger partial charge in [-0.3, -0.25) is 4.90 Å². The first-order valence-corrected chi connectivity index (χ1v) is 8.12. The first-order valence-electron chi connectivity index (χ1n) is 7.24. The lowest BCUT2D eigenvalue weighted by molar-refractivity contribution is 0.152. The molecule has 1 N–H and O–H groups in total. The van der Waals surface area contributed by atoms with Crippen LogP contribution in [0.3, 0.4) is 0 Å². The van der Waals surface area contributed by atoms with Gasteiger partial charge in [0.2, 0.25) is 0 Å². The van der Waals surface area contributed by atoms with Crippen LogP contribution in [-0.4, -0.2) is 41.3 Å². The monoisotopic (exact) mass is 304 g/mol. The molecule has 4 nitrogen and oxygen atoms in total. The van der Waals surface area contributed by atoms with E-state index < -0.39 is 0 Å². The fourth-order valence-electron chi connectivity index (χ4n) is 2.76. The molecular formula is C16H20N2O2S. The fourth-order valence-corrected chi connectivity index (χ4v) is 3.58. The van der Waals surface area contributed by atoms with Crippen molar-refractivity contribution in [2.45, 2.75) is 25.4 Å². The minimum atomic E-state index is 0.246. The molecule has 1 aliphatic rings. The van der Waals surface area contributed by atoms with Crippen LogP contribution >= 0.6 is 11.3 Å². The molecular weight excluding hydrogens is 284 g/mol. The predicted molar refractivity (Wildman–Crippen MR) is 84.6 cm³/mol. The van der Waals surface area contributed by atoms with Crippen LogP contribution in [0.25, 0.3) is 10.6 Å². The van der Waals surface area contributed by atoms with E-state index in [-0.39, 0.29) is 6.61 Å². The van der Waals surface area contributed by atoms with Crippen molar-refractivity contribution in [3.05, 3.63) is 35.3 Å². The van der Waals surface area contributed by atoms with Crippen molar-refractivity contribution in [1.82, 2.24) is 9.88 Å². The number of aliphatic hydroxyl groups excluding tert-OH is 1. The van der Waals surface area contributed by atoms with Crippen LogP contribution < -0.4 is 4.74 Å². The molecule has 1 unspecified atom stereocenters. The standard InChI is InChI=1S/C16H20N2O2S/c1-20-15-6-4-12(5-7-15)16-17-13(11-21-16)9-18-8-2-3-14(18)10-19/h4-7,11,14,19H,2-3,8-10H2,1H3. The molecule has 1 saturated heterocycles. The number of ether oxygens (including phenoxy) is 1. The van der Waals surface area contributed by atoms with Crippen molar-refractivity contribution in [1.29, 1.82) is 0 Å². The van der Waals surface area contributed by atoms with Gasteiger partial charge in [-0.15, -0.1) is 11.3 Å². The van der Waals surface area contributed by atoms with E-state index in [1.165, 1.54) is 6.42 Å². The van der Waals surface area contributed by atoms with E-state index in [1.54, 1.807) is 18.4 Å². The number of hydrogen-bond acceptors (Lipinski definition) is 5. The summed E-state index contributed by atoms with van der Waals surface area (Å²) in [6, 6.07) is 8.29. The Bertz CT molecular complexity index is 582. The Kier molecular flexibility index (Phi) is 4.53. The highest BCUT2D eigenvalue weighted by atomic mass is 32.1. The van der Waals surface area contributed by atoms with E-state index >= 15 is 0 Å². The smallest absolute Gasteiger partial charge is 0.123 e. The molecule has 2 aromatic rings. The van der Waals surface area contributed by atoms with E-state index in [0.717, 1.165) is 41.5 Å². The van der Waals surface area contributed by atoms with Gasteiger partial charge < -0.3 is 9.84 Å². The van der Waals surface area contributed by atoms with E-state index in [1.807, 2.05) is 24.3 Å². The SMILES string of the molecule is COc1ccc(-c2nc(CN3CCCC3CO)cs2)cc1. The quantitative estimate of drug-likeness (QED) is 0.922. The third kappa shape index (κ3) is 3.26. The zero-order valence-corrected chi connectivity index (χ0v) is 13.0. The number of nitrogens with zero attached hydrogens (tertiary/aromatic N) is 2. The minimum absolute atomic E-state index is 0.246. The lowest BCUT2D eigenvalue weighted by Crippen LogP contribution is -2.31. The number of hydrogen-bond donors (Lipinski definition) is 1. The summed E-state index contributed by atoms with van der Waals surface area (Å²) in [5, 5.41) is 12.5. The molecule has 1 atom stereocenters. The third-order valence-corrected chi connectivity index (χ3v) is 4.90. The van der Waals surface area contributed by atoms with E-state index in [0.29, 0.717) is 6.04 Å². The lowest BCUT2D eigenvalue weighted by Gasteiger charge is -2.21. The molecule has 2 heterocycles. The number of benzene rings is 1. The van der Waals surface area contributed by atoms with Crippen LogP contribution in [0, 0.1) is 0 Å². The van der Waals surface area contributed by atoms with Crippen molar-refractivity contribution < 1.29 is 9.84 Å². The normalized spacial score (nSPS) is 19.0. The first kappa shape index (κ1) is 14.5. The topological polar surface area (TPSA) is 45.6 Å². The summed E-state index contributed by atoms with van der Waals surface area (Å²) in [5.41, 5.74) is 2.21. The van der Waals surface area contributed by atoms with Crippen molar-refractivity contribution in [2.75, 3.05) is 20.3 Å². The number of likely N-dealkylation sites (tertiary alicyclic amines) is 1. The minimum Gasteiger partial charge on any atom is -0.497 e. The Labute approximate surface area is 129 Å². The summed E-state index contributed by atoms with van der Waals surface area (Å²) >= 11 is 1.67. The number of aliphatic hydroxyl groups is 1. The van der Waals surface area contributed by atoms with Crippen LogP contribution in [0.4, 0.5) is 0 Å². The van der Waals surface area contributed by atoms with Gasteiger partial charge >= 0.3 is 0 Å². The van der Waals surface area contributed by atoms with Gasteiger partial charge in [0.1, 0.15) is 10.8 Å². The zero-order valence-electron chi connectivity index (χ0n) is 12.2. The molecule has 1 aliphatic heterocycles. The van der Waals surface area contributed by atoms with Crippen LogP contribution in [0.15, 0.2) is 29.6 Å². The average Bonchev–Trinajstić information content (AvgIpc) is 3.17. The van der Waals surface area contributed by atoms with Gasteiger partial charge in [0, 0.05) is 23.5 Å². The molecule has 0 saturated carbocycles. The second kappa shape index (κ2) is 6.56. The Balaban J connectivity index is 1.70. The largest absolute Gasteiger partial charge is 0.497 e. The highest BCUT2D eigenvalue weighted by molar-refractivity contribution is 7.13. The fraction of sp³-hybridized carbons (Fsp3) is 0.438. The molecule has 21 heavy (non-hydrogen) atoms. The summed E-state index contributed by atoms with van der Waals surface area (Å²) in [6.45, 7) is 2.13. The molecule has 5 heteroatoms. The van der Waals surface area contributed by atoms with Gasteiger partial charge in [0.15, 0.2) is 0 Å². The number of thiazole rings is 1. The Morgan fingerprint density at radius 3 is 2.90 bits per heavy atom. The third-order valence-electron chi connectivity index (χ3n) is 3.96. The number of rotatable bonds is 5. The van der Waals surface area contributed by atoms with E-state index in [4.69, 9.17) is 9.72 Å². The van der Waals surface area contributed by atoms with Crippen LogP contribution in [0.1, 0.15) is 18.5 Å². The van der Waals surface area contributed by atoms with Gasteiger partial charge in [-0.25, -0.2) is 4.98 Å². The second-order valence-corrected chi connectivity index (χ2v) is 6.18. The van der Waals surface area contributed by atoms with E-state index in [2.05, 4.69) is 10.3 Å². The Morgan fingerprint density at radius 2 is 2.19 bits per heavy atom. The number of methoxy groups -OCH3 is 1. The van der Waals surface area contributed by atoms with Crippen LogP contribution in [0.2, 0.25) is 0 Å². The van der Waals surface area contributed by atoms with E-state index in [9.17, 15) is 5.11 Å². The summed E-state index contributed by atoms with van der Waals surface area (Å²) < 4.78 is 5.18. The maximum Gasteiger partial charge on any atom is 0.123 e. The molecule has 3 rings (SSSR count). The molecule has 112 valence electrons. The maximum atomic E-state index is 9.38. The van der Waals surface area contributed by atoms with Gasteiger partial charge in [0.05, 0.1) is 19.4 Å². The predicted octanol–water partition coefficient (Wildman–Crippen LogP) is 2.78. The molecule has 0 radical (unpaired) electrons. The summed E-state index contributed by atoms with van der Waals surface area (Å²) in [7, 11) is 1.67. The molecule has 1 aromatic heterocycles. The van der Waals surface area contributed by atoms with Gasteiger partial charge in [-0.05, 0) is 43.7 Å². The highest BCUT2D eigenvalue weighted by Crippen LogP contribution is 2.27. The van der Waals surface area contributed by atoms with Gasteiger partial charge in [-0.1, -0.05) is 0 Å². The summed E-state index contributed by atoms with van der Waals surface area (Å²) in [5.74, 6) is 0.860. The summed E-state index contributed by atoms with van der Waals surface area (Å²) in [6.07, 6.45) is 2.26. The molecule has 0 bridgehead atoms. The highest BCUT2D eigenvalue weighted by Gasteiger charge is 2.24. The maximum absolute atomic E-state index is 9.38. The Morgan fingerprint density at radius 1 is 1.38 bits per heavy atom. The van der Waals surface area contributed by atoms with Crippen molar-refractivity contribution in [3.8, 4) is 16.3 Å². The van der Waals surface area contributed by atoms with Crippen LogP contribution in [-0.2, 0) is 6.54 Å². The molecule has 1 aromatic carbocycles. The van der Waals surface area contributed by atoms with Crippen molar-refractivity contribution >= 4 is 11.3 Å². The zero-order chi connectivity index (χ0) is 14.7. The molecule has 0 amide bonds. The van der Waals surface area contributed by atoms with Gasteiger partial charge in [-0.2, -0.15) is 0 Å². The van der Waals surface area contributed by atoms with Crippen LogP contribution in [0.5, 0.6) is 5.75 Å². The second-order valence-electron chi connectivity index (χ2n) is 5.32. The molecule has 0 aliphatic carbocycles. The van der Waals surface area contributed by atoms with Crippen molar-refractivity contribution in [2.24, 2.45) is 0 Å². The lowest BCUT2D eigenvalue weighted by atomic mass is 10.2. The number of aromatic nitrogens is 1. The summed E-state index contributed by atoms with van der Waals surface area (Å²) in [4.78, 5) is 7.05. The van der Waals surface area contributed by atoms with Gasteiger partial charge in [0.25, 0.3) is 0 Å².